The Morgan fingerprint density at radius 1 is 1.53 bits per heavy atom. The number of piperidine rings is 1. The molecule has 0 amide bonds. The molecule has 5 heteroatoms. The van der Waals surface area contributed by atoms with Gasteiger partial charge in [0.05, 0.1) is 5.75 Å². The van der Waals surface area contributed by atoms with Gasteiger partial charge in [0.2, 0.25) is 0 Å². The van der Waals surface area contributed by atoms with Crippen molar-refractivity contribution in [2.24, 2.45) is 5.92 Å². The molecule has 1 aromatic rings. The zero-order valence-corrected chi connectivity index (χ0v) is 10.1. The summed E-state index contributed by atoms with van der Waals surface area (Å²) in [5.41, 5.74) is 0. The van der Waals surface area contributed by atoms with Gasteiger partial charge >= 0.3 is 0 Å². The van der Waals surface area contributed by atoms with Crippen molar-refractivity contribution >= 4 is 21.2 Å². The van der Waals surface area contributed by atoms with E-state index in [1.165, 1.54) is 11.3 Å². The number of thiophene rings is 1. The van der Waals surface area contributed by atoms with Gasteiger partial charge in [-0.3, -0.25) is 0 Å². The Morgan fingerprint density at radius 2 is 2.40 bits per heavy atom. The Hall–Kier alpha value is -0.390. The van der Waals surface area contributed by atoms with E-state index in [0.29, 0.717) is 9.96 Å². The first-order valence-corrected chi connectivity index (χ1v) is 7.69. The van der Waals surface area contributed by atoms with Crippen molar-refractivity contribution in [1.82, 2.24) is 5.32 Å². The van der Waals surface area contributed by atoms with Crippen LogP contribution in [0.15, 0.2) is 21.7 Å². The molecule has 1 aromatic heterocycles. The van der Waals surface area contributed by atoms with Crippen LogP contribution in [-0.4, -0.2) is 27.3 Å². The Morgan fingerprint density at radius 3 is 3.00 bits per heavy atom. The third-order valence-corrected chi connectivity index (χ3v) is 6.03. The van der Waals surface area contributed by atoms with E-state index in [-0.39, 0.29) is 5.92 Å². The first-order valence-electron chi connectivity index (χ1n) is 5.15. The lowest BCUT2D eigenvalue weighted by molar-refractivity contribution is 0.404. The van der Waals surface area contributed by atoms with Crippen molar-refractivity contribution in [3.63, 3.8) is 0 Å². The fourth-order valence-electron chi connectivity index (χ4n) is 1.90. The van der Waals surface area contributed by atoms with Gasteiger partial charge in [0, 0.05) is 0 Å². The standard InChI is InChI=1S/C10H15NO2S2/c12-15(13,10-4-2-6-14-10)8-9-3-1-5-11-7-9/h2,4,6,9,11H,1,3,5,7-8H2. The van der Waals surface area contributed by atoms with Crippen LogP contribution in [0, 0.1) is 5.92 Å². The zero-order valence-electron chi connectivity index (χ0n) is 8.48. The van der Waals surface area contributed by atoms with Crippen LogP contribution in [0.25, 0.3) is 0 Å². The number of rotatable bonds is 3. The average Bonchev–Trinajstić information content (AvgIpc) is 2.71. The highest BCUT2D eigenvalue weighted by atomic mass is 32.2. The molecule has 1 aliphatic rings. The van der Waals surface area contributed by atoms with Crippen molar-refractivity contribution in [3.8, 4) is 0 Å². The molecule has 15 heavy (non-hydrogen) atoms. The van der Waals surface area contributed by atoms with Gasteiger partial charge in [-0.15, -0.1) is 11.3 Å². The third-order valence-electron chi connectivity index (χ3n) is 2.66. The van der Waals surface area contributed by atoms with E-state index in [0.717, 1.165) is 25.9 Å². The van der Waals surface area contributed by atoms with Gasteiger partial charge in [-0.2, -0.15) is 0 Å². The van der Waals surface area contributed by atoms with E-state index in [4.69, 9.17) is 0 Å². The molecule has 2 heterocycles. The lowest BCUT2D eigenvalue weighted by Gasteiger charge is -2.22. The highest BCUT2D eigenvalue weighted by Gasteiger charge is 2.23. The quantitative estimate of drug-likeness (QED) is 0.878. The normalized spacial score (nSPS) is 22.8. The molecule has 0 radical (unpaired) electrons. The van der Waals surface area contributed by atoms with Crippen molar-refractivity contribution in [2.75, 3.05) is 18.8 Å². The molecule has 0 bridgehead atoms. The summed E-state index contributed by atoms with van der Waals surface area (Å²) in [6.45, 7) is 1.86. The molecular weight excluding hydrogens is 230 g/mol. The molecule has 3 nitrogen and oxygen atoms in total. The molecule has 0 aliphatic carbocycles. The second-order valence-corrected chi connectivity index (χ2v) is 7.13. The number of hydrogen-bond donors (Lipinski definition) is 1. The number of nitrogens with one attached hydrogen (secondary N) is 1. The molecule has 1 atom stereocenters. The van der Waals surface area contributed by atoms with Gasteiger partial charge < -0.3 is 5.32 Å². The third kappa shape index (κ3) is 2.80. The summed E-state index contributed by atoms with van der Waals surface area (Å²) in [5, 5.41) is 5.05. The molecule has 1 fully saturated rings. The minimum Gasteiger partial charge on any atom is -0.316 e. The number of hydrogen-bond acceptors (Lipinski definition) is 4. The van der Waals surface area contributed by atoms with Crippen LogP contribution in [0.1, 0.15) is 12.8 Å². The van der Waals surface area contributed by atoms with Gasteiger partial charge in [-0.05, 0) is 43.3 Å². The minimum atomic E-state index is -3.04. The molecule has 0 aromatic carbocycles. The lowest BCUT2D eigenvalue weighted by atomic mass is 10.0. The smallest absolute Gasteiger partial charge is 0.188 e. The van der Waals surface area contributed by atoms with Crippen LogP contribution >= 0.6 is 11.3 Å². The summed E-state index contributed by atoms with van der Waals surface area (Å²) < 4.78 is 24.4. The minimum absolute atomic E-state index is 0.283. The summed E-state index contributed by atoms with van der Waals surface area (Å²) >= 11 is 1.31. The summed E-state index contributed by atoms with van der Waals surface area (Å²) in [6, 6.07) is 3.48. The van der Waals surface area contributed by atoms with Crippen LogP contribution in [-0.2, 0) is 9.84 Å². The van der Waals surface area contributed by atoms with Crippen molar-refractivity contribution in [2.45, 2.75) is 17.1 Å². The first-order chi connectivity index (χ1) is 7.18. The Balaban J connectivity index is 2.04. The number of sulfone groups is 1. The van der Waals surface area contributed by atoms with Crippen molar-refractivity contribution < 1.29 is 8.42 Å². The van der Waals surface area contributed by atoms with E-state index in [1.54, 1.807) is 12.1 Å². The Labute approximate surface area is 94.4 Å². The predicted molar refractivity (Wildman–Crippen MR) is 62.0 cm³/mol. The molecule has 84 valence electrons. The van der Waals surface area contributed by atoms with Crippen LogP contribution in [0.4, 0.5) is 0 Å². The second-order valence-electron chi connectivity index (χ2n) is 3.93. The predicted octanol–water partition coefficient (Wildman–Crippen LogP) is 1.52. The molecule has 1 N–H and O–H groups in total. The summed E-state index contributed by atoms with van der Waals surface area (Å²) in [7, 11) is -3.04. The van der Waals surface area contributed by atoms with Gasteiger partial charge in [0.25, 0.3) is 0 Å². The second kappa shape index (κ2) is 4.63. The van der Waals surface area contributed by atoms with E-state index in [1.807, 2.05) is 5.38 Å². The van der Waals surface area contributed by atoms with Crippen LogP contribution in [0.5, 0.6) is 0 Å². The maximum atomic E-state index is 11.9. The Bertz CT molecular complexity index is 391. The van der Waals surface area contributed by atoms with Crippen molar-refractivity contribution in [3.05, 3.63) is 17.5 Å². The molecule has 1 unspecified atom stereocenters. The summed E-state index contributed by atoms with van der Waals surface area (Å²) in [5.74, 6) is 0.575. The zero-order chi connectivity index (χ0) is 10.7. The largest absolute Gasteiger partial charge is 0.316 e. The monoisotopic (exact) mass is 245 g/mol. The highest BCUT2D eigenvalue weighted by Crippen LogP contribution is 2.22. The molecule has 1 aliphatic heterocycles. The molecular formula is C10H15NO2S2. The van der Waals surface area contributed by atoms with Crippen LogP contribution in [0.2, 0.25) is 0 Å². The van der Waals surface area contributed by atoms with Crippen LogP contribution < -0.4 is 5.32 Å². The maximum absolute atomic E-state index is 11.9. The van der Waals surface area contributed by atoms with Crippen LogP contribution in [0.3, 0.4) is 0 Å². The van der Waals surface area contributed by atoms with E-state index < -0.39 is 9.84 Å². The SMILES string of the molecule is O=S(=O)(CC1CCCNC1)c1cccs1. The van der Waals surface area contributed by atoms with Gasteiger partial charge in [-0.25, -0.2) is 8.42 Å². The Kier molecular flexibility index (Phi) is 3.43. The first kappa shape index (κ1) is 11.1. The topological polar surface area (TPSA) is 46.2 Å². The van der Waals surface area contributed by atoms with Crippen molar-refractivity contribution in [1.29, 1.82) is 0 Å². The molecule has 0 saturated carbocycles. The van der Waals surface area contributed by atoms with Gasteiger partial charge in [0.1, 0.15) is 4.21 Å². The molecule has 1 saturated heterocycles. The fraction of sp³-hybridized carbons (Fsp3) is 0.600. The average molecular weight is 245 g/mol. The lowest BCUT2D eigenvalue weighted by Crippen LogP contribution is -2.33. The van der Waals surface area contributed by atoms with Gasteiger partial charge in [0.15, 0.2) is 9.84 Å². The summed E-state index contributed by atoms with van der Waals surface area (Å²) in [4.78, 5) is 0. The summed E-state index contributed by atoms with van der Waals surface area (Å²) in [6.07, 6.45) is 2.11. The van der Waals surface area contributed by atoms with Gasteiger partial charge in [-0.1, -0.05) is 6.07 Å². The van der Waals surface area contributed by atoms with E-state index >= 15 is 0 Å². The van der Waals surface area contributed by atoms with E-state index in [2.05, 4.69) is 5.32 Å². The van der Waals surface area contributed by atoms with E-state index in [9.17, 15) is 8.42 Å². The highest BCUT2D eigenvalue weighted by molar-refractivity contribution is 7.93. The molecule has 2 rings (SSSR count). The fourth-order valence-corrected chi connectivity index (χ4v) is 4.66. The molecule has 0 spiro atoms. The maximum Gasteiger partial charge on any atom is 0.188 e.